The van der Waals surface area contributed by atoms with Gasteiger partial charge in [0.2, 0.25) is 0 Å². The highest BCUT2D eigenvalue weighted by Gasteiger charge is 2.46. The van der Waals surface area contributed by atoms with Crippen molar-refractivity contribution in [3.63, 3.8) is 0 Å². The first-order valence-corrected chi connectivity index (χ1v) is 13.9. The van der Waals surface area contributed by atoms with Crippen molar-refractivity contribution in [1.29, 1.82) is 0 Å². The van der Waals surface area contributed by atoms with Gasteiger partial charge < -0.3 is 24.2 Å². The van der Waals surface area contributed by atoms with E-state index in [0.29, 0.717) is 6.07 Å². The van der Waals surface area contributed by atoms with Crippen molar-refractivity contribution < 1.29 is 45.8 Å². The van der Waals surface area contributed by atoms with E-state index in [9.17, 15) is 36.3 Å². The number of amides is 4. The molecule has 2 unspecified atom stereocenters. The number of likely N-dealkylation sites (N-methyl/N-ethyl adjacent to an activating group) is 1. The zero-order valence-corrected chi connectivity index (χ0v) is 25.3. The number of nitrogens with zero attached hydrogens (tertiary/aromatic N) is 5. The summed E-state index contributed by atoms with van der Waals surface area (Å²) in [4.78, 5) is 48.4. The molecule has 2 fully saturated rings. The third kappa shape index (κ3) is 7.15. The van der Waals surface area contributed by atoms with Crippen molar-refractivity contribution in [2.45, 2.75) is 51.6 Å². The molecule has 3 heterocycles. The van der Waals surface area contributed by atoms with Gasteiger partial charge in [0, 0.05) is 19.3 Å². The Bertz CT molecular complexity index is 1450. The van der Waals surface area contributed by atoms with Gasteiger partial charge >= 0.3 is 18.3 Å². The number of halogens is 6. The van der Waals surface area contributed by atoms with E-state index in [2.05, 4.69) is 4.98 Å². The standard InChI is InChI=1S/C28H31ClF5N5O5/c1-15-10-16(28(32,33)34)11-21(35-15)39-20(24(40)36(5)19-7-6-18(30)22(29)23(19)31)14-38(25(39)41)13-17-12-37(8-9-43-17)26(42)44-27(2,3)4/h6-7,10-11,17,20H,8-9,12-14H2,1-5H3. The van der Waals surface area contributed by atoms with Crippen molar-refractivity contribution in [2.75, 3.05) is 49.6 Å². The molecule has 0 bridgehead atoms. The lowest BCUT2D eigenvalue weighted by Crippen LogP contribution is -2.51. The van der Waals surface area contributed by atoms with E-state index in [1.807, 2.05) is 0 Å². The normalized spacial score (nSPS) is 19.4. The Morgan fingerprint density at radius 3 is 2.48 bits per heavy atom. The summed E-state index contributed by atoms with van der Waals surface area (Å²) >= 11 is 5.69. The minimum Gasteiger partial charge on any atom is -0.444 e. The third-order valence-corrected chi connectivity index (χ3v) is 7.25. The van der Waals surface area contributed by atoms with Crippen molar-refractivity contribution in [2.24, 2.45) is 0 Å². The molecular weight excluding hydrogens is 617 g/mol. The summed E-state index contributed by atoms with van der Waals surface area (Å²) in [6.07, 6.45) is -6.09. The van der Waals surface area contributed by atoms with Gasteiger partial charge in [0.15, 0.2) is 5.82 Å². The zero-order chi connectivity index (χ0) is 32.7. The zero-order valence-electron chi connectivity index (χ0n) is 24.5. The van der Waals surface area contributed by atoms with Gasteiger partial charge in [-0.25, -0.2) is 23.4 Å². The maximum Gasteiger partial charge on any atom is 0.416 e. The number of rotatable bonds is 5. The number of ether oxygens (including phenoxy) is 2. The first-order valence-electron chi connectivity index (χ1n) is 13.5. The number of aryl methyl sites for hydroxylation is 1. The Kier molecular flexibility index (Phi) is 9.31. The number of alkyl halides is 3. The van der Waals surface area contributed by atoms with E-state index in [4.69, 9.17) is 21.1 Å². The van der Waals surface area contributed by atoms with Crippen LogP contribution in [0.4, 0.5) is 43.0 Å². The van der Waals surface area contributed by atoms with Crippen LogP contribution in [0, 0.1) is 18.6 Å². The molecule has 16 heteroatoms. The molecule has 4 rings (SSSR count). The quantitative estimate of drug-likeness (QED) is 0.325. The number of benzene rings is 1. The SMILES string of the molecule is Cc1cc(C(F)(F)F)cc(N2C(=O)N(CC3CN(C(=O)OC(C)(C)C)CCO3)CC2C(=O)N(C)c2ccc(F)c(Cl)c2F)n1. The van der Waals surface area contributed by atoms with Gasteiger partial charge in [0.25, 0.3) is 5.91 Å². The fraction of sp³-hybridized carbons (Fsp3) is 0.500. The molecule has 2 atom stereocenters. The van der Waals surface area contributed by atoms with E-state index in [0.717, 1.165) is 35.0 Å². The molecule has 10 nitrogen and oxygen atoms in total. The lowest BCUT2D eigenvalue weighted by molar-refractivity contribution is -0.137. The van der Waals surface area contributed by atoms with Gasteiger partial charge in [-0.2, -0.15) is 13.2 Å². The fourth-order valence-electron chi connectivity index (χ4n) is 4.88. The Hall–Kier alpha value is -3.72. The highest BCUT2D eigenvalue weighted by molar-refractivity contribution is 6.31. The van der Waals surface area contributed by atoms with Crippen molar-refractivity contribution in [3.8, 4) is 0 Å². The molecule has 0 N–H and O–H groups in total. The van der Waals surface area contributed by atoms with Crippen LogP contribution in [-0.2, 0) is 20.4 Å². The number of aromatic nitrogens is 1. The van der Waals surface area contributed by atoms with Crippen LogP contribution in [0.3, 0.4) is 0 Å². The van der Waals surface area contributed by atoms with E-state index in [-0.39, 0.29) is 38.5 Å². The molecule has 44 heavy (non-hydrogen) atoms. The Labute approximate surface area is 255 Å². The second-order valence-electron chi connectivity index (χ2n) is 11.4. The summed E-state index contributed by atoms with van der Waals surface area (Å²) in [5.74, 6) is -3.65. The summed E-state index contributed by atoms with van der Waals surface area (Å²) in [6.45, 7) is 6.35. The smallest absolute Gasteiger partial charge is 0.416 e. The predicted octanol–water partition coefficient (Wildman–Crippen LogP) is 5.25. The first-order chi connectivity index (χ1) is 20.4. The van der Waals surface area contributed by atoms with Crippen LogP contribution in [-0.4, -0.2) is 90.4 Å². The molecule has 1 aromatic carbocycles. The van der Waals surface area contributed by atoms with Crippen LogP contribution in [0.5, 0.6) is 0 Å². The monoisotopic (exact) mass is 647 g/mol. The molecule has 2 aromatic rings. The number of morpholine rings is 1. The largest absolute Gasteiger partial charge is 0.444 e. The van der Waals surface area contributed by atoms with E-state index < -0.39 is 75.7 Å². The summed E-state index contributed by atoms with van der Waals surface area (Å²) in [6, 6.07) is 0.923. The van der Waals surface area contributed by atoms with Gasteiger partial charge in [-0.3, -0.25) is 9.69 Å². The van der Waals surface area contributed by atoms with Gasteiger partial charge in [0.05, 0.1) is 43.6 Å². The molecule has 0 radical (unpaired) electrons. The molecule has 0 saturated carbocycles. The average molecular weight is 648 g/mol. The highest BCUT2D eigenvalue weighted by atomic mass is 35.5. The number of anilines is 2. The number of hydrogen-bond donors (Lipinski definition) is 0. The average Bonchev–Trinajstić information content (AvgIpc) is 3.25. The van der Waals surface area contributed by atoms with E-state index >= 15 is 0 Å². The molecule has 240 valence electrons. The minimum atomic E-state index is -4.78. The van der Waals surface area contributed by atoms with Crippen LogP contribution in [0.15, 0.2) is 24.3 Å². The Balaban J connectivity index is 1.66. The maximum atomic E-state index is 14.8. The van der Waals surface area contributed by atoms with Gasteiger partial charge in [-0.05, 0) is 52.0 Å². The third-order valence-electron chi connectivity index (χ3n) is 6.90. The van der Waals surface area contributed by atoms with Crippen LogP contribution in [0.2, 0.25) is 5.02 Å². The molecule has 2 aliphatic rings. The summed E-state index contributed by atoms with van der Waals surface area (Å²) < 4.78 is 80.8. The van der Waals surface area contributed by atoms with Crippen LogP contribution in [0.1, 0.15) is 32.0 Å². The Morgan fingerprint density at radius 1 is 1.16 bits per heavy atom. The summed E-state index contributed by atoms with van der Waals surface area (Å²) in [5, 5.41) is -0.859. The van der Waals surface area contributed by atoms with Crippen LogP contribution in [0.25, 0.3) is 0 Å². The molecule has 0 aliphatic carbocycles. The van der Waals surface area contributed by atoms with Gasteiger partial charge in [0.1, 0.15) is 28.3 Å². The van der Waals surface area contributed by atoms with E-state index in [1.54, 1.807) is 20.8 Å². The fourth-order valence-corrected chi connectivity index (χ4v) is 5.04. The highest BCUT2D eigenvalue weighted by Crippen LogP contribution is 2.35. The first kappa shape index (κ1) is 33.2. The van der Waals surface area contributed by atoms with Crippen molar-refractivity contribution in [3.05, 3.63) is 52.2 Å². The van der Waals surface area contributed by atoms with E-state index in [1.165, 1.54) is 16.7 Å². The van der Waals surface area contributed by atoms with Crippen molar-refractivity contribution >= 4 is 41.1 Å². The molecular formula is C28H31ClF5N5O5. The van der Waals surface area contributed by atoms with Gasteiger partial charge in [-0.15, -0.1) is 0 Å². The number of carbonyl (C=O) groups is 3. The second kappa shape index (κ2) is 12.3. The summed E-state index contributed by atoms with van der Waals surface area (Å²) in [7, 11) is 1.16. The lowest BCUT2D eigenvalue weighted by atomic mass is 10.1. The predicted molar refractivity (Wildman–Crippen MR) is 150 cm³/mol. The number of hydrogen-bond acceptors (Lipinski definition) is 6. The Morgan fingerprint density at radius 2 is 1.84 bits per heavy atom. The topological polar surface area (TPSA) is 95.5 Å². The minimum absolute atomic E-state index is 0.0391. The number of urea groups is 1. The molecule has 0 spiro atoms. The summed E-state index contributed by atoms with van der Waals surface area (Å²) in [5.41, 5.74) is -2.32. The second-order valence-corrected chi connectivity index (χ2v) is 11.8. The number of carbonyl (C=O) groups excluding carboxylic acids is 3. The lowest BCUT2D eigenvalue weighted by Gasteiger charge is -2.35. The van der Waals surface area contributed by atoms with Crippen LogP contribution >= 0.6 is 11.6 Å². The molecule has 4 amide bonds. The van der Waals surface area contributed by atoms with Crippen LogP contribution < -0.4 is 9.80 Å². The van der Waals surface area contributed by atoms with Crippen molar-refractivity contribution in [1.82, 2.24) is 14.8 Å². The molecule has 1 aromatic heterocycles. The molecule has 2 saturated heterocycles. The number of pyridine rings is 1. The van der Waals surface area contributed by atoms with Gasteiger partial charge in [-0.1, -0.05) is 11.6 Å². The molecule has 2 aliphatic heterocycles. The maximum absolute atomic E-state index is 14.8.